The van der Waals surface area contributed by atoms with Crippen molar-refractivity contribution >= 4 is 5.97 Å². The summed E-state index contributed by atoms with van der Waals surface area (Å²) >= 11 is 0. The van der Waals surface area contributed by atoms with Crippen LogP contribution in [0.4, 0.5) is 17.6 Å². The average Bonchev–Trinajstić information content (AvgIpc) is 1.82. The quantitative estimate of drug-likeness (QED) is 0.606. The molecule has 0 unspecified atom stereocenters. The van der Waals surface area contributed by atoms with Crippen LogP contribution in [0.1, 0.15) is 6.42 Å². The number of hydrogen-bond donors (Lipinski definition) is 1. The maximum atomic E-state index is 12.1. The van der Waals surface area contributed by atoms with E-state index < -0.39 is 30.2 Å². The summed E-state index contributed by atoms with van der Waals surface area (Å²) in [6, 6.07) is 0. The molecule has 1 N–H and O–H groups in total. The molecule has 11 heavy (non-hydrogen) atoms. The minimum atomic E-state index is -4.38. The summed E-state index contributed by atoms with van der Waals surface area (Å²) in [6.07, 6.45) is -1.27. The molecule has 1 aliphatic rings. The molecule has 2 nitrogen and oxygen atoms in total. The van der Waals surface area contributed by atoms with Gasteiger partial charge in [0.1, 0.15) is 5.92 Å². The average molecular weight is 172 g/mol. The second-order valence-corrected chi connectivity index (χ2v) is 2.42. The van der Waals surface area contributed by atoms with Crippen molar-refractivity contribution in [3.8, 4) is 0 Å². The molecular weight excluding hydrogens is 168 g/mol. The van der Waals surface area contributed by atoms with Crippen molar-refractivity contribution in [1.29, 1.82) is 0 Å². The highest BCUT2D eigenvalue weighted by Crippen LogP contribution is 2.55. The Kier molecular flexibility index (Phi) is 1.40. The summed E-state index contributed by atoms with van der Waals surface area (Å²) in [7, 11) is 0. The molecule has 0 bridgehead atoms. The molecule has 0 heterocycles. The maximum Gasteiger partial charge on any atom is 0.323 e. The molecule has 0 spiro atoms. The molecule has 0 aliphatic heterocycles. The van der Waals surface area contributed by atoms with Gasteiger partial charge in [-0.1, -0.05) is 0 Å². The van der Waals surface area contributed by atoms with Gasteiger partial charge in [-0.05, 0) is 0 Å². The number of carboxylic acids is 1. The molecule has 0 aromatic carbocycles. The first-order valence-corrected chi connectivity index (χ1v) is 2.77. The fourth-order valence-electron chi connectivity index (χ4n) is 0.887. The van der Waals surface area contributed by atoms with Crippen LogP contribution in [-0.4, -0.2) is 22.9 Å². The summed E-state index contributed by atoms with van der Waals surface area (Å²) < 4.78 is 48.0. The van der Waals surface area contributed by atoms with E-state index in [4.69, 9.17) is 5.11 Å². The molecule has 0 saturated heterocycles. The number of aliphatic carboxylic acids is 1. The van der Waals surface area contributed by atoms with Crippen LogP contribution in [0.3, 0.4) is 0 Å². The van der Waals surface area contributed by atoms with Gasteiger partial charge >= 0.3 is 17.8 Å². The Morgan fingerprint density at radius 1 is 1.36 bits per heavy atom. The molecule has 0 aromatic heterocycles. The van der Waals surface area contributed by atoms with Crippen LogP contribution in [0.15, 0.2) is 0 Å². The van der Waals surface area contributed by atoms with Gasteiger partial charge in [-0.15, -0.1) is 0 Å². The highest BCUT2D eigenvalue weighted by atomic mass is 19.3. The molecule has 0 radical (unpaired) electrons. The molecule has 1 saturated carbocycles. The number of rotatable bonds is 1. The number of carbonyl (C=O) groups is 1. The van der Waals surface area contributed by atoms with Gasteiger partial charge < -0.3 is 5.11 Å². The lowest BCUT2D eigenvalue weighted by Crippen LogP contribution is -2.61. The third kappa shape index (κ3) is 0.883. The van der Waals surface area contributed by atoms with Gasteiger partial charge in [-0.3, -0.25) is 4.79 Å². The van der Waals surface area contributed by atoms with E-state index in [9.17, 15) is 22.4 Å². The smallest absolute Gasteiger partial charge is 0.323 e. The lowest BCUT2D eigenvalue weighted by Gasteiger charge is -2.41. The Hall–Kier alpha value is -0.810. The predicted octanol–water partition coefficient (Wildman–Crippen LogP) is 1.36. The van der Waals surface area contributed by atoms with Crippen LogP contribution in [0.5, 0.6) is 0 Å². The summed E-state index contributed by atoms with van der Waals surface area (Å²) in [5.41, 5.74) is 0. The molecule has 1 rings (SSSR count). The fourth-order valence-corrected chi connectivity index (χ4v) is 0.887. The Morgan fingerprint density at radius 3 is 1.91 bits per heavy atom. The normalized spacial score (nSPS) is 32.5. The van der Waals surface area contributed by atoms with E-state index in [0.29, 0.717) is 0 Å². The van der Waals surface area contributed by atoms with Gasteiger partial charge in [-0.25, -0.2) is 0 Å². The van der Waals surface area contributed by atoms with E-state index in [2.05, 4.69) is 0 Å². The zero-order valence-electron chi connectivity index (χ0n) is 5.15. The van der Waals surface area contributed by atoms with Gasteiger partial charge in [0.2, 0.25) is 0 Å². The molecule has 64 valence electrons. The predicted molar refractivity (Wildman–Crippen MR) is 25.6 cm³/mol. The molecule has 1 aliphatic carbocycles. The topological polar surface area (TPSA) is 37.3 Å². The molecular formula is C5H4F4O2. The standard InChI is InChI=1S/C5H4F4O2/c6-4(7)1-2(3(10)11)5(4,8)9/h2H,1H2,(H,10,11)/t2-/m1/s1. The third-order valence-electron chi connectivity index (χ3n) is 1.68. The lowest BCUT2D eigenvalue weighted by molar-refractivity contribution is -0.309. The van der Waals surface area contributed by atoms with Crippen molar-refractivity contribution in [2.24, 2.45) is 5.92 Å². The van der Waals surface area contributed by atoms with Gasteiger partial charge in [0.15, 0.2) is 0 Å². The van der Waals surface area contributed by atoms with Gasteiger partial charge in [-0.2, -0.15) is 17.6 Å². The SMILES string of the molecule is O=C(O)[C@H]1CC(F)(F)C1(F)F. The fraction of sp³-hybridized carbons (Fsp3) is 0.800. The zero-order valence-corrected chi connectivity index (χ0v) is 5.15. The first-order chi connectivity index (χ1) is 4.79. The molecule has 1 atom stereocenters. The Labute approximate surface area is 58.8 Å². The van der Waals surface area contributed by atoms with Gasteiger partial charge in [0.25, 0.3) is 0 Å². The van der Waals surface area contributed by atoms with Crippen LogP contribution < -0.4 is 0 Å². The van der Waals surface area contributed by atoms with Crippen molar-refractivity contribution in [2.45, 2.75) is 18.3 Å². The second-order valence-electron chi connectivity index (χ2n) is 2.42. The Balaban J connectivity index is 2.77. The summed E-state index contributed by atoms with van der Waals surface area (Å²) in [6.45, 7) is 0. The molecule has 1 fully saturated rings. The highest BCUT2D eigenvalue weighted by Gasteiger charge is 2.74. The van der Waals surface area contributed by atoms with E-state index in [1.54, 1.807) is 0 Å². The number of hydrogen-bond acceptors (Lipinski definition) is 1. The van der Waals surface area contributed by atoms with Crippen LogP contribution in [0, 0.1) is 5.92 Å². The van der Waals surface area contributed by atoms with Crippen molar-refractivity contribution in [2.75, 3.05) is 0 Å². The van der Waals surface area contributed by atoms with Crippen molar-refractivity contribution in [3.63, 3.8) is 0 Å². The van der Waals surface area contributed by atoms with E-state index in [-0.39, 0.29) is 0 Å². The number of halogens is 4. The van der Waals surface area contributed by atoms with E-state index in [0.717, 1.165) is 0 Å². The van der Waals surface area contributed by atoms with Gasteiger partial charge in [0.05, 0.1) is 0 Å². The minimum Gasteiger partial charge on any atom is -0.481 e. The van der Waals surface area contributed by atoms with Crippen molar-refractivity contribution in [1.82, 2.24) is 0 Å². The molecule has 0 aromatic rings. The van der Waals surface area contributed by atoms with Crippen molar-refractivity contribution in [3.05, 3.63) is 0 Å². The van der Waals surface area contributed by atoms with Crippen LogP contribution in [0.2, 0.25) is 0 Å². The third-order valence-corrected chi connectivity index (χ3v) is 1.68. The van der Waals surface area contributed by atoms with Crippen LogP contribution >= 0.6 is 0 Å². The van der Waals surface area contributed by atoms with Crippen LogP contribution in [0.25, 0.3) is 0 Å². The first kappa shape index (κ1) is 8.29. The van der Waals surface area contributed by atoms with E-state index >= 15 is 0 Å². The van der Waals surface area contributed by atoms with Gasteiger partial charge in [0, 0.05) is 6.42 Å². The lowest BCUT2D eigenvalue weighted by atomic mass is 9.77. The first-order valence-electron chi connectivity index (χ1n) is 2.77. The van der Waals surface area contributed by atoms with Crippen molar-refractivity contribution < 1.29 is 27.5 Å². The largest absolute Gasteiger partial charge is 0.481 e. The Morgan fingerprint density at radius 2 is 1.82 bits per heavy atom. The van der Waals surface area contributed by atoms with E-state index in [1.807, 2.05) is 0 Å². The minimum absolute atomic E-state index is 1.27. The summed E-state index contributed by atoms with van der Waals surface area (Å²) in [4.78, 5) is 9.87. The highest BCUT2D eigenvalue weighted by molar-refractivity contribution is 5.73. The summed E-state index contributed by atoms with van der Waals surface area (Å²) in [5, 5.41) is 7.99. The van der Waals surface area contributed by atoms with E-state index in [1.165, 1.54) is 0 Å². The van der Waals surface area contributed by atoms with Crippen LogP contribution in [-0.2, 0) is 4.79 Å². The zero-order chi connectivity index (χ0) is 8.86. The molecule has 6 heteroatoms. The monoisotopic (exact) mass is 172 g/mol. The molecule has 0 amide bonds. The number of alkyl halides is 4. The second kappa shape index (κ2) is 1.86. The summed E-state index contributed by atoms with van der Waals surface area (Å²) in [5.74, 6) is -12.6. The maximum absolute atomic E-state index is 12.1. The number of carboxylic acid groups (broad SMARTS) is 1. The Bertz CT molecular complexity index is 201.